The Morgan fingerprint density at radius 1 is 0.929 bits per heavy atom. The van der Waals surface area contributed by atoms with Gasteiger partial charge in [0.25, 0.3) is 0 Å². The first-order chi connectivity index (χ1) is 6.72. The second-order valence-corrected chi connectivity index (χ2v) is 3.92. The molecule has 0 spiro atoms. The summed E-state index contributed by atoms with van der Waals surface area (Å²) in [6, 6.07) is 10.5. The van der Waals surface area contributed by atoms with E-state index in [1.54, 1.807) is 0 Å². The van der Waals surface area contributed by atoms with Crippen molar-refractivity contribution in [2.45, 2.75) is 52.9 Å². The highest BCUT2D eigenvalue weighted by Gasteiger charge is 1.93. The van der Waals surface area contributed by atoms with Crippen LogP contribution in [0, 0.1) is 0 Å². The second kappa shape index (κ2) is 8.80. The van der Waals surface area contributed by atoms with Crippen LogP contribution < -0.4 is 0 Å². The molecule has 0 radical (unpaired) electrons. The van der Waals surface area contributed by atoms with Crippen molar-refractivity contribution in [3.8, 4) is 0 Å². The van der Waals surface area contributed by atoms with Gasteiger partial charge in [0, 0.05) is 0 Å². The molecule has 14 heavy (non-hydrogen) atoms. The van der Waals surface area contributed by atoms with Crippen molar-refractivity contribution in [1.29, 1.82) is 0 Å². The molecule has 0 heterocycles. The molecule has 0 atom stereocenters. The van der Waals surface area contributed by atoms with Gasteiger partial charge in [-0.15, -0.1) is 0 Å². The fourth-order valence-corrected chi connectivity index (χ4v) is 1.19. The molecule has 0 aliphatic heterocycles. The summed E-state index contributed by atoms with van der Waals surface area (Å²) in [5.41, 5.74) is 1.41. The van der Waals surface area contributed by atoms with Gasteiger partial charge in [-0.25, -0.2) is 0 Å². The van der Waals surface area contributed by atoms with Crippen LogP contribution >= 0.6 is 0 Å². The van der Waals surface area contributed by atoms with E-state index in [4.69, 9.17) is 0 Å². The first kappa shape index (κ1) is 13.2. The Morgan fingerprint density at radius 3 is 1.64 bits per heavy atom. The third-order valence-corrected chi connectivity index (χ3v) is 2.17. The van der Waals surface area contributed by atoms with Gasteiger partial charge in [-0.2, -0.15) is 0 Å². The number of rotatable bonds is 3. The Kier molecular flexibility index (Phi) is 8.31. The zero-order valence-electron chi connectivity index (χ0n) is 10.1. The molecule has 0 bridgehead atoms. The van der Waals surface area contributed by atoms with Crippen LogP contribution in [0.1, 0.15) is 58.4 Å². The van der Waals surface area contributed by atoms with Crippen molar-refractivity contribution in [2.24, 2.45) is 0 Å². The summed E-state index contributed by atoms with van der Waals surface area (Å²) in [5, 5.41) is 0. The number of hydrogen-bond acceptors (Lipinski definition) is 0. The minimum absolute atomic E-state index is 0.659. The third kappa shape index (κ3) is 6.71. The van der Waals surface area contributed by atoms with E-state index < -0.39 is 0 Å². The maximum absolute atomic E-state index is 2.21. The van der Waals surface area contributed by atoms with Crippen LogP contribution in [0.15, 0.2) is 30.3 Å². The van der Waals surface area contributed by atoms with E-state index in [0.717, 1.165) is 0 Å². The van der Waals surface area contributed by atoms with Crippen molar-refractivity contribution >= 4 is 0 Å². The Labute approximate surface area is 89.4 Å². The van der Waals surface area contributed by atoms with E-state index in [9.17, 15) is 0 Å². The van der Waals surface area contributed by atoms with Gasteiger partial charge in [-0.1, -0.05) is 77.3 Å². The zero-order valence-corrected chi connectivity index (χ0v) is 10.1. The van der Waals surface area contributed by atoms with Crippen molar-refractivity contribution in [3.05, 3.63) is 35.9 Å². The Balaban J connectivity index is 0.000000292. The molecular formula is C14H24. The van der Waals surface area contributed by atoms with Crippen LogP contribution in [-0.2, 0) is 0 Å². The van der Waals surface area contributed by atoms with Gasteiger partial charge in [-0.05, 0) is 11.5 Å². The van der Waals surface area contributed by atoms with Crippen LogP contribution in [0.3, 0.4) is 0 Å². The molecule has 0 fully saturated rings. The highest BCUT2D eigenvalue weighted by molar-refractivity contribution is 5.17. The summed E-state index contributed by atoms with van der Waals surface area (Å²) >= 11 is 0. The van der Waals surface area contributed by atoms with E-state index in [1.165, 1.54) is 24.8 Å². The highest BCUT2D eigenvalue weighted by atomic mass is 14.0. The molecule has 0 unspecified atom stereocenters. The molecule has 0 saturated heterocycles. The zero-order chi connectivity index (χ0) is 10.8. The summed E-state index contributed by atoms with van der Waals surface area (Å²) in [7, 11) is 0. The van der Waals surface area contributed by atoms with Gasteiger partial charge < -0.3 is 0 Å². The van der Waals surface area contributed by atoms with Crippen molar-refractivity contribution in [3.63, 3.8) is 0 Å². The van der Waals surface area contributed by atoms with Crippen LogP contribution in [0.2, 0.25) is 0 Å². The lowest BCUT2D eigenvalue weighted by atomic mass is 10.0. The molecule has 0 aliphatic rings. The summed E-state index contributed by atoms with van der Waals surface area (Å²) in [6.45, 7) is 8.83. The van der Waals surface area contributed by atoms with Gasteiger partial charge in [0.2, 0.25) is 0 Å². The summed E-state index contributed by atoms with van der Waals surface area (Å²) < 4.78 is 0. The van der Waals surface area contributed by atoms with E-state index in [1.807, 2.05) is 6.07 Å². The number of unbranched alkanes of at least 4 members (excludes halogenated alkanes) is 2. The number of hydrogen-bond donors (Lipinski definition) is 0. The molecule has 0 nitrogen and oxygen atoms in total. The lowest BCUT2D eigenvalue weighted by molar-refractivity contribution is 0.772. The molecule has 1 aromatic rings. The minimum Gasteiger partial charge on any atom is -0.0654 e. The van der Waals surface area contributed by atoms with Gasteiger partial charge >= 0.3 is 0 Å². The maximum atomic E-state index is 2.21. The van der Waals surface area contributed by atoms with Crippen molar-refractivity contribution in [2.75, 3.05) is 0 Å². The van der Waals surface area contributed by atoms with Crippen molar-refractivity contribution in [1.82, 2.24) is 0 Å². The lowest BCUT2D eigenvalue weighted by Crippen LogP contribution is -1.83. The molecular weight excluding hydrogens is 168 g/mol. The lowest BCUT2D eigenvalue weighted by Gasteiger charge is -2.01. The average Bonchev–Trinajstić information content (AvgIpc) is 2.21. The largest absolute Gasteiger partial charge is 0.0654 e. The molecule has 0 aliphatic carbocycles. The fraction of sp³-hybridized carbons (Fsp3) is 0.571. The number of benzene rings is 1. The fourth-order valence-electron chi connectivity index (χ4n) is 1.19. The topological polar surface area (TPSA) is 0 Å². The first-order valence-electron chi connectivity index (χ1n) is 5.77. The monoisotopic (exact) mass is 192 g/mol. The van der Waals surface area contributed by atoms with Crippen LogP contribution in [0.5, 0.6) is 0 Å². The quantitative estimate of drug-likeness (QED) is 0.631. The predicted octanol–water partition coefficient (Wildman–Crippen LogP) is 5.01. The van der Waals surface area contributed by atoms with Gasteiger partial charge in [-0.3, -0.25) is 0 Å². The SMILES string of the molecule is CC(C)c1ccccc1.CCCCC. The Hall–Kier alpha value is -0.780. The molecule has 1 aromatic carbocycles. The third-order valence-electron chi connectivity index (χ3n) is 2.17. The van der Waals surface area contributed by atoms with Crippen LogP contribution in [0.25, 0.3) is 0 Å². The van der Waals surface area contributed by atoms with Gasteiger partial charge in [0.05, 0.1) is 0 Å². The van der Waals surface area contributed by atoms with E-state index in [-0.39, 0.29) is 0 Å². The molecule has 0 amide bonds. The second-order valence-electron chi connectivity index (χ2n) is 3.92. The average molecular weight is 192 g/mol. The Bertz CT molecular complexity index is 197. The normalized spacial score (nSPS) is 9.50. The highest BCUT2D eigenvalue weighted by Crippen LogP contribution is 2.11. The molecule has 80 valence electrons. The minimum atomic E-state index is 0.659. The maximum Gasteiger partial charge on any atom is -0.0219 e. The van der Waals surface area contributed by atoms with Crippen LogP contribution in [0.4, 0.5) is 0 Å². The molecule has 1 rings (SSSR count). The van der Waals surface area contributed by atoms with Crippen LogP contribution in [-0.4, -0.2) is 0 Å². The standard InChI is InChI=1S/C9H12.C5H12/c1-8(2)9-6-4-3-5-7-9;1-3-5-4-2/h3-8H,1-2H3;3-5H2,1-2H3. The Morgan fingerprint density at radius 2 is 1.43 bits per heavy atom. The predicted molar refractivity (Wildman–Crippen MR) is 65.7 cm³/mol. The summed E-state index contributed by atoms with van der Waals surface area (Å²) in [6.07, 6.45) is 4.08. The first-order valence-corrected chi connectivity index (χ1v) is 5.77. The molecule has 0 aromatic heterocycles. The van der Waals surface area contributed by atoms with E-state index in [2.05, 4.69) is 52.0 Å². The van der Waals surface area contributed by atoms with E-state index >= 15 is 0 Å². The summed E-state index contributed by atoms with van der Waals surface area (Å²) in [4.78, 5) is 0. The van der Waals surface area contributed by atoms with Crippen molar-refractivity contribution < 1.29 is 0 Å². The van der Waals surface area contributed by atoms with E-state index in [0.29, 0.717) is 5.92 Å². The molecule has 0 heteroatoms. The van der Waals surface area contributed by atoms with Gasteiger partial charge in [0.1, 0.15) is 0 Å². The molecule has 0 saturated carbocycles. The summed E-state index contributed by atoms with van der Waals surface area (Å²) in [5.74, 6) is 0.659. The van der Waals surface area contributed by atoms with Gasteiger partial charge in [0.15, 0.2) is 0 Å². The molecule has 0 N–H and O–H groups in total. The smallest absolute Gasteiger partial charge is 0.0219 e.